The highest BCUT2D eigenvalue weighted by Gasteiger charge is 2.03. The Balaban J connectivity index is 2.02. The first kappa shape index (κ1) is 14.4. The van der Waals surface area contributed by atoms with Crippen LogP contribution in [0.5, 0.6) is 5.75 Å². The summed E-state index contributed by atoms with van der Waals surface area (Å²) >= 11 is 5.96. The lowest BCUT2D eigenvalue weighted by Gasteiger charge is -2.08. The van der Waals surface area contributed by atoms with Crippen molar-refractivity contribution in [1.29, 1.82) is 0 Å². The van der Waals surface area contributed by atoms with E-state index in [2.05, 4.69) is 11.8 Å². The van der Waals surface area contributed by atoms with E-state index in [0.717, 1.165) is 5.56 Å². The van der Waals surface area contributed by atoms with Gasteiger partial charge in [-0.25, -0.2) is 4.39 Å². The second-order valence-corrected chi connectivity index (χ2v) is 4.42. The number of aliphatic hydroxyl groups excluding tert-OH is 1. The Bertz CT molecular complexity index is 642. The normalized spacial score (nSPS) is 9.75. The van der Waals surface area contributed by atoms with Gasteiger partial charge in [-0.15, -0.1) is 0 Å². The van der Waals surface area contributed by atoms with Crippen molar-refractivity contribution in [2.24, 2.45) is 0 Å². The minimum Gasteiger partial charge on any atom is -0.489 e. The molecule has 0 aliphatic heterocycles. The van der Waals surface area contributed by atoms with Crippen LogP contribution in [0.2, 0.25) is 5.02 Å². The molecule has 0 fully saturated rings. The molecule has 2 rings (SSSR count). The van der Waals surface area contributed by atoms with Gasteiger partial charge in [-0.1, -0.05) is 23.4 Å². The van der Waals surface area contributed by atoms with Crippen LogP contribution >= 0.6 is 11.6 Å². The highest BCUT2D eigenvalue weighted by Crippen LogP contribution is 2.20. The van der Waals surface area contributed by atoms with Crippen molar-refractivity contribution in [2.75, 3.05) is 6.61 Å². The number of rotatable bonds is 3. The van der Waals surface area contributed by atoms with Crippen molar-refractivity contribution in [1.82, 2.24) is 0 Å². The standard InChI is InChI=1S/C16H12ClFO2/c17-16-8-5-14(18)10-13(16)11-20-15-6-3-12(4-7-15)2-1-9-19/h3-8,10,19H,9,11H2. The lowest BCUT2D eigenvalue weighted by atomic mass is 10.2. The Morgan fingerprint density at radius 1 is 1.15 bits per heavy atom. The van der Waals surface area contributed by atoms with Crippen LogP contribution in [0.4, 0.5) is 4.39 Å². The van der Waals surface area contributed by atoms with Gasteiger partial charge in [-0.2, -0.15) is 0 Å². The maximum Gasteiger partial charge on any atom is 0.123 e. The highest BCUT2D eigenvalue weighted by molar-refractivity contribution is 6.31. The van der Waals surface area contributed by atoms with Crippen molar-refractivity contribution in [3.63, 3.8) is 0 Å². The summed E-state index contributed by atoms with van der Waals surface area (Å²) in [5, 5.41) is 9.07. The summed E-state index contributed by atoms with van der Waals surface area (Å²) in [5.41, 5.74) is 1.38. The van der Waals surface area contributed by atoms with Crippen molar-refractivity contribution < 1.29 is 14.2 Å². The fourth-order valence-electron chi connectivity index (χ4n) is 1.59. The maximum atomic E-state index is 13.1. The second kappa shape index (κ2) is 6.95. The molecule has 2 aromatic rings. The summed E-state index contributed by atoms with van der Waals surface area (Å²) in [7, 11) is 0. The summed E-state index contributed by atoms with van der Waals surface area (Å²) in [4.78, 5) is 0. The van der Waals surface area contributed by atoms with Gasteiger partial charge in [-0.3, -0.25) is 0 Å². The smallest absolute Gasteiger partial charge is 0.123 e. The number of hydrogen-bond acceptors (Lipinski definition) is 2. The van der Waals surface area contributed by atoms with Crippen LogP contribution < -0.4 is 4.74 Å². The maximum absolute atomic E-state index is 13.1. The zero-order valence-electron chi connectivity index (χ0n) is 10.6. The Morgan fingerprint density at radius 3 is 2.60 bits per heavy atom. The Hall–Kier alpha value is -2.02. The van der Waals surface area contributed by atoms with E-state index in [1.807, 2.05) is 0 Å². The van der Waals surface area contributed by atoms with Gasteiger partial charge in [0.15, 0.2) is 0 Å². The molecule has 0 aromatic heterocycles. The van der Waals surface area contributed by atoms with E-state index in [4.69, 9.17) is 21.4 Å². The van der Waals surface area contributed by atoms with E-state index < -0.39 is 0 Å². The molecule has 0 heterocycles. The fourth-order valence-corrected chi connectivity index (χ4v) is 1.76. The molecule has 20 heavy (non-hydrogen) atoms. The minimum absolute atomic E-state index is 0.170. The van der Waals surface area contributed by atoms with Gasteiger partial charge in [0, 0.05) is 16.1 Å². The van der Waals surface area contributed by atoms with Gasteiger partial charge >= 0.3 is 0 Å². The van der Waals surface area contributed by atoms with E-state index >= 15 is 0 Å². The van der Waals surface area contributed by atoms with Gasteiger partial charge in [0.2, 0.25) is 0 Å². The number of benzene rings is 2. The molecule has 0 amide bonds. The quantitative estimate of drug-likeness (QED) is 0.878. The third-order valence-electron chi connectivity index (χ3n) is 2.57. The van der Waals surface area contributed by atoms with Crippen molar-refractivity contribution >= 4 is 11.6 Å². The van der Waals surface area contributed by atoms with Gasteiger partial charge in [0.1, 0.15) is 24.8 Å². The van der Waals surface area contributed by atoms with E-state index in [-0.39, 0.29) is 19.0 Å². The van der Waals surface area contributed by atoms with Gasteiger partial charge in [0.25, 0.3) is 0 Å². The average Bonchev–Trinajstić information content (AvgIpc) is 2.47. The predicted octanol–water partition coefficient (Wildman–Crippen LogP) is 3.40. The Labute approximate surface area is 121 Å². The summed E-state index contributed by atoms with van der Waals surface area (Å²) in [6.45, 7) is 0.0224. The lowest BCUT2D eigenvalue weighted by Crippen LogP contribution is -1.97. The first-order valence-corrected chi connectivity index (χ1v) is 6.33. The Morgan fingerprint density at radius 2 is 1.90 bits per heavy atom. The molecule has 0 bridgehead atoms. The highest BCUT2D eigenvalue weighted by atomic mass is 35.5. The fraction of sp³-hybridized carbons (Fsp3) is 0.125. The zero-order valence-corrected chi connectivity index (χ0v) is 11.3. The molecule has 1 N–H and O–H groups in total. The van der Waals surface area contributed by atoms with E-state index in [9.17, 15) is 4.39 Å². The van der Waals surface area contributed by atoms with Crippen LogP contribution in [0.15, 0.2) is 42.5 Å². The first-order valence-electron chi connectivity index (χ1n) is 5.95. The third kappa shape index (κ3) is 3.99. The molecule has 0 saturated carbocycles. The minimum atomic E-state index is -0.345. The van der Waals surface area contributed by atoms with Crippen molar-refractivity contribution in [3.8, 4) is 17.6 Å². The topological polar surface area (TPSA) is 29.5 Å². The molecule has 0 radical (unpaired) electrons. The van der Waals surface area contributed by atoms with E-state index in [1.54, 1.807) is 24.3 Å². The molecule has 2 nitrogen and oxygen atoms in total. The molecule has 4 heteroatoms. The molecule has 0 spiro atoms. The van der Waals surface area contributed by atoms with Gasteiger partial charge in [0.05, 0.1) is 0 Å². The number of halogens is 2. The van der Waals surface area contributed by atoms with Crippen LogP contribution in [0.1, 0.15) is 11.1 Å². The van der Waals surface area contributed by atoms with Crippen LogP contribution in [-0.4, -0.2) is 11.7 Å². The molecule has 2 aromatic carbocycles. The van der Waals surface area contributed by atoms with Crippen LogP contribution in [0, 0.1) is 17.7 Å². The zero-order chi connectivity index (χ0) is 14.4. The lowest BCUT2D eigenvalue weighted by molar-refractivity contribution is 0.305. The van der Waals surface area contributed by atoms with Crippen molar-refractivity contribution in [3.05, 3.63) is 64.4 Å². The van der Waals surface area contributed by atoms with Crippen LogP contribution in [-0.2, 0) is 6.61 Å². The molecular weight excluding hydrogens is 279 g/mol. The SMILES string of the molecule is OCC#Cc1ccc(OCc2cc(F)ccc2Cl)cc1. The number of hydrogen-bond donors (Lipinski definition) is 1. The third-order valence-corrected chi connectivity index (χ3v) is 2.94. The predicted molar refractivity (Wildman–Crippen MR) is 76.1 cm³/mol. The molecule has 0 saturated heterocycles. The van der Waals surface area contributed by atoms with Crippen LogP contribution in [0.3, 0.4) is 0 Å². The first-order chi connectivity index (χ1) is 9.69. The monoisotopic (exact) mass is 290 g/mol. The molecule has 0 aliphatic carbocycles. The number of ether oxygens (including phenoxy) is 1. The summed E-state index contributed by atoms with van der Waals surface area (Å²) < 4.78 is 18.6. The van der Waals surface area contributed by atoms with E-state index in [1.165, 1.54) is 18.2 Å². The van der Waals surface area contributed by atoms with Crippen molar-refractivity contribution in [2.45, 2.75) is 6.61 Å². The molecule has 0 unspecified atom stereocenters. The van der Waals surface area contributed by atoms with Gasteiger partial charge in [-0.05, 0) is 42.5 Å². The van der Waals surface area contributed by atoms with Gasteiger partial charge < -0.3 is 9.84 Å². The van der Waals surface area contributed by atoms with E-state index in [0.29, 0.717) is 16.3 Å². The summed E-state index contributed by atoms with van der Waals surface area (Å²) in [6, 6.07) is 11.2. The van der Waals surface area contributed by atoms with Crippen LogP contribution in [0.25, 0.3) is 0 Å². The Kier molecular flexibility index (Phi) is 5.00. The second-order valence-electron chi connectivity index (χ2n) is 4.01. The average molecular weight is 291 g/mol. The summed E-state index contributed by atoms with van der Waals surface area (Å²) in [6.07, 6.45) is 0. The molecule has 0 aliphatic rings. The molecular formula is C16H12ClFO2. The number of aliphatic hydroxyl groups is 1. The summed E-state index contributed by atoms with van der Waals surface area (Å²) in [5.74, 6) is 5.64. The largest absolute Gasteiger partial charge is 0.489 e. The molecule has 0 atom stereocenters. The molecule has 102 valence electrons.